The van der Waals surface area contributed by atoms with Crippen LogP contribution in [-0.4, -0.2) is 13.7 Å². The molecule has 1 aliphatic rings. The highest BCUT2D eigenvalue weighted by atomic mass is 19.1. The topological polar surface area (TPSA) is 44.5 Å². The number of halogens is 1. The van der Waals surface area contributed by atoms with Gasteiger partial charge in [-0.25, -0.2) is 4.39 Å². The largest absolute Gasteiger partial charge is 0.497 e. The highest BCUT2D eigenvalue weighted by Gasteiger charge is 2.19. The average Bonchev–Trinajstić information content (AvgIpc) is 2.81. The van der Waals surface area contributed by atoms with Crippen molar-refractivity contribution in [3.8, 4) is 5.75 Å². The number of nitrogens with two attached hydrogens (primary N) is 1. The summed E-state index contributed by atoms with van der Waals surface area (Å²) in [4.78, 5) is 0. The van der Waals surface area contributed by atoms with Gasteiger partial charge in [0, 0.05) is 18.1 Å². The van der Waals surface area contributed by atoms with E-state index in [1.807, 2.05) is 6.08 Å². The Morgan fingerprint density at radius 2 is 2.31 bits per heavy atom. The van der Waals surface area contributed by atoms with Crippen LogP contribution >= 0.6 is 0 Å². The van der Waals surface area contributed by atoms with E-state index in [1.54, 1.807) is 12.1 Å². The van der Waals surface area contributed by atoms with E-state index in [0.29, 0.717) is 23.7 Å². The van der Waals surface area contributed by atoms with E-state index >= 15 is 0 Å². The van der Waals surface area contributed by atoms with Gasteiger partial charge in [0.1, 0.15) is 17.3 Å². The maximum atomic E-state index is 13.7. The van der Waals surface area contributed by atoms with Gasteiger partial charge in [-0.1, -0.05) is 6.07 Å². The molecule has 1 atom stereocenters. The van der Waals surface area contributed by atoms with E-state index in [0.717, 1.165) is 6.42 Å². The van der Waals surface area contributed by atoms with Crippen molar-refractivity contribution in [3.63, 3.8) is 0 Å². The first-order valence-corrected chi connectivity index (χ1v) is 5.14. The third kappa shape index (κ3) is 2.02. The van der Waals surface area contributed by atoms with Gasteiger partial charge in [0.05, 0.1) is 19.8 Å². The molecule has 1 aromatic rings. The summed E-state index contributed by atoms with van der Waals surface area (Å²) < 4.78 is 23.9. The minimum Gasteiger partial charge on any atom is -0.497 e. The molecule has 0 saturated heterocycles. The number of rotatable bonds is 3. The molecular weight excluding hydrogens is 209 g/mol. The Balaban J connectivity index is 2.26. The number of benzene rings is 1. The maximum absolute atomic E-state index is 13.7. The monoisotopic (exact) mass is 223 g/mol. The minimum absolute atomic E-state index is 0.372. The Morgan fingerprint density at radius 1 is 1.50 bits per heavy atom. The van der Waals surface area contributed by atoms with Crippen molar-refractivity contribution in [1.29, 1.82) is 0 Å². The van der Waals surface area contributed by atoms with E-state index < -0.39 is 6.04 Å². The zero-order valence-electron chi connectivity index (χ0n) is 9.07. The quantitative estimate of drug-likeness (QED) is 0.853. The second kappa shape index (κ2) is 4.53. The van der Waals surface area contributed by atoms with E-state index in [-0.39, 0.29) is 5.82 Å². The third-order valence-electron chi connectivity index (χ3n) is 2.58. The van der Waals surface area contributed by atoms with Crippen molar-refractivity contribution in [2.24, 2.45) is 5.73 Å². The first-order chi connectivity index (χ1) is 7.72. The van der Waals surface area contributed by atoms with Gasteiger partial charge in [-0.05, 0) is 12.1 Å². The molecule has 1 aliphatic heterocycles. The Labute approximate surface area is 93.7 Å². The van der Waals surface area contributed by atoms with Crippen molar-refractivity contribution in [2.75, 3.05) is 13.7 Å². The predicted molar refractivity (Wildman–Crippen MR) is 58.5 cm³/mol. The molecular formula is C12H14FNO2. The highest BCUT2D eigenvalue weighted by Crippen LogP contribution is 2.27. The van der Waals surface area contributed by atoms with Crippen LogP contribution in [0.1, 0.15) is 18.0 Å². The molecule has 16 heavy (non-hydrogen) atoms. The van der Waals surface area contributed by atoms with Crippen molar-refractivity contribution >= 4 is 0 Å². The number of hydrogen-bond acceptors (Lipinski definition) is 3. The first kappa shape index (κ1) is 11.0. The zero-order valence-corrected chi connectivity index (χ0v) is 9.07. The summed E-state index contributed by atoms with van der Waals surface area (Å²) in [7, 11) is 1.50. The van der Waals surface area contributed by atoms with E-state index in [9.17, 15) is 4.39 Å². The van der Waals surface area contributed by atoms with Gasteiger partial charge in [-0.15, -0.1) is 0 Å². The molecule has 1 unspecified atom stereocenters. The summed E-state index contributed by atoms with van der Waals surface area (Å²) in [6.45, 7) is 0.626. The standard InChI is InChI=1S/C12H14FNO2/c1-15-8-4-5-9(10(13)7-8)12(14)11-3-2-6-16-11/h3-5,7,12H,2,6,14H2,1H3. The van der Waals surface area contributed by atoms with Crippen LogP contribution in [0.2, 0.25) is 0 Å². The maximum Gasteiger partial charge on any atom is 0.132 e. The number of methoxy groups -OCH3 is 1. The Kier molecular flexibility index (Phi) is 3.10. The molecule has 4 heteroatoms. The third-order valence-corrected chi connectivity index (χ3v) is 2.58. The molecule has 0 spiro atoms. The fourth-order valence-electron chi connectivity index (χ4n) is 1.69. The molecule has 0 fully saturated rings. The lowest BCUT2D eigenvalue weighted by atomic mass is 10.0. The molecule has 0 bridgehead atoms. The summed E-state index contributed by atoms with van der Waals surface area (Å²) >= 11 is 0. The second-order valence-corrected chi connectivity index (χ2v) is 3.61. The van der Waals surface area contributed by atoms with Gasteiger partial charge in [0.15, 0.2) is 0 Å². The molecule has 2 rings (SSSR count). The predicted octanol–water partition coefficient (Wildman–Crippen LogP) is 2.14. The van der Waals surface area contributed by atoms with Crippen LogP contribution in [-0.2, 0) is 4.74 Å². The lowest BCUT2D eigenvalue weighted by molar-refractivity contribution is 0.224. The van der Waals surface area contributed by atoms with Gasteiger partial charge in [0.2, 0.25) is 0 Å². The molecule has 2 N–H and O–H groups in total. The molecule has 0 saturated carbocycles. The van der Waals surface area contributed by atoms with Gasteiger partial charge < -0.3 is 15.2 Å². The van der Waals surface area contributed by atoms with Gasteiger partial charge in [-0.3, -0.25) is 0 Å². The number of hydrogen-bond donors (Lipinski definition) is 1. The second-order valence-electron chi connectivity index (χ2n) is 3.61. The molecule has 3 nitrogen and oxygen atoms in total. The van der Waals surface area contributed by atoms with Crippen LogP contribution in [0.5, 0.6) is 5.75 Å². The SMILES string of the molecule is COc1ccc(C(N)C2=CCCO2)c(F)c1. The molecule has 1 aromatic carbocycles. The van der Waals surface area contributed by atoms with Gasteiger partial charge >= 0.3 is 0 Å². The molecule has 1 heterocycles. The van der Waals surface area contributed by atoms with Crippen LogP contribution in [0.25, 0.3) is 0 Å². The molecule has 86 valence electrons. The van der Waals surface area contributed by atoms with E-state index in [1.165, 1.54) is 13.2 Å². The summed E-state index contributed by atoms with van der Waals surface area (Å²) in [5.41, 5.74) is 6.34. The smallest absolute Gasteiger partial charge is 0.132 e. The van der Waals surface area contributed by atoms with Gasteiger partial charge in [0.25, 0.3) is 0 Å². The summed E-state index contributed by atoms with van der Waals surface area (Å²) in [6, 6.07) is 4.10. The normalized spacial score (nSPS) is 16.6. The summed E-state index contributed by atoms with van der Waals surface area (Å²) in [5, 5.41) is 0. The number of ether oxygens (including phenoxy) is 2. The minimum atomic E-state index is -0.534. The van der Waals surface area contributed by atoms with E-state index in [4.69, 9.17) is 15.2 Å². The van der Waals surface area contributed by atoms with Crippen LogP contribution in [0.3, 0.4) is 0 Å². The Hall–Kier alpha value is -1.55. The highest BCUT2D eigenvalue weighted by molar-refractivity contribution is 5.33. The van der Waals surface area contributed by atoms with Crippen molar-refractivity contribution < 1.29 is 13.9 Å². The van der Waals surface area contributed by atoms with Crippen molar-refractivity contribution in [2.45, 2.75) is 12.5 Å². The molecule has 0 aromatic heterocycles. The van der Waals surface area contributed by atoms with Crippen LogP contribution in [0, 0.1) is 5.82 Å². The van der Waals surface area contributed by atoms with Crippen LogP contribution in [0.4, 0.5) is 4.39 Å². The lowest BCUT2D eigenvalue weighted by Gasteiger charge is -2.14. The fraction of sp³-hybridized carbons (Fsp3) is 0.333. The lowest BCUT2D eigenvalue weighted by Crippen LogP contribution is -2.15. The first-order valence-electron chi connectivity index (χ1n) is 5.14. The summed E-state index contributed by atoms with van der Waals surface area (Å²) in [5.74, 6) is 0.752. The molecule has 0 aliphatic carbocycles. The summed E-state index contributed by atoms with van der Waals surface area (Å²) in [6.07, 6.45) is 2.73. The molecule has 0 radical (unpaired) electrons. The van der Waals surface area contributed by atoms with Crippen LogP contribution in [0.15, 0.2) is 30.0 Å². The fourth-order valence-corrected chi connectivity index (χ4v) is 1.69. The Morgan fingerprint density at radius 3 is 2.88 bits per heavy atom. The average molecular weight is 223 g/mol. The van der Waals surface area contributed by atoms with E-state index in [2.05, 4.69) is 0 Å². The van der Waals surface area contributed by atoms with Gasteiger partial charge in [-0.2, -0.15) is 0 Å². The Bertz CT molecular complexity index is 417. The van der Waals surface area contributed by atoms with Crippen molar-refractivity contribution in [3.05, 3.63) is 41.4 Å². The zero-order chi connectivity index (χ0) is 11.5. The van der Waals surface area contributed by atoms with Crippen molar-refractivity contribution in [1.82, 2.24) is 0 Å². The van der Waals surface area contributed by atoms with Crippen LogP contribution < -0.4 is 10.5 Å². The molecule has 0 amide bonds.